The summed E-state index contributed by atoms with van der Waals surface area (Å²) >= 11 is 0. The number of fused-ring (bicyclic) bond motifs is 1. The van der Waals surface area contributed by atoms with Gasteiger partial charge in [0.05, 0.1) is 11.6 Å². The van der Waals surface area contributed by atoms with Gasteiger partial charge < -0.3 is 14.6 Å². The van der Waals surface area contributed by atoms with E-state index in [-0.39, 0.29) is 11.4 Å². The maximum absolute atomic E-state index is 13.2. The molecule has 0 radical (unpaired) electrons. The average Bonchev–Trinajstić information content (AvgIpc) is 3.07. The second kappa shape index (κ2) is 6.87. The Morgan fingerprint density at radius 1 is 1.22 bits per heavy atom. The van der Waals surface area contributed by atoms with E-state index in [9.17, 15) is 14.7 Å². The topological polar surface area (TPSA) is 62.5 Å². The Morgan fingerprint density at radius 2 is 1.89 bits per heavy atom. The molecule has 5 nitrogen and oxygen atoms in total. The Hall–Kier alpha value is -2.56. The number of nitrogens with zero attached hydrogens (tertiary/aromatic N) is 2. The van der Waals surface area contributed by atoms with E-state index in [0.717, 1.165) is 29.3 Å². The molecule has 0 aliphatic carbocycles. The van der Waals surface area contributed by atoms with Crippen LogP contribution in [0, 0.1) is 5.41 Å². The zero-order valence-electron chi connectivity index (χ0n) is 16.7. The van der Waals surface area contributed by atoms with Crippen molar-refractivity contribution < 1.29 is 14.7 Å². The number of rotatable bonds is 5. The molecule has 0 fully saturated rings. The molecule has 0 bridgehead atoms. The Labute approximate surface area is 160 Å². The number of carbonyl (C=O) groups is 2. The van der Waals surface area contributed by atoms with Crippen LogP contribution in [0.15, 0.2) is 41.8 Å². The Balaban J connectivity index is 2.22. The highest BCUT2D eigenvalue weighted by Crippen LogP contribution is 2.43. The van der Waals surface area contributed by atoms with Crippen LogP contribution in [-0.4, -0.2) is 32.8 Å². The minimum atomic E-state index is -0.687. The first kappa shape index (κ1) is 19.2. The van der Waals surface area contributed by atoms with Gasteiger partial charge in [-0.1, -0.05) is 52.3 Å². The van der Waals surface area contributed by atoms with Crippen LogP contribution in [0.4, 0.5) is 0 Å². The van der Waals surface area contributed by atoms with Gasteiger partial charge in [0, 0.05) is 41.7 Å². The van der Waals surface area contributed by atoms with Crippen molar-refractivity contribution >= 4 is 22.6 Å². The highest BCUT2D eigenvalue weighted by atomic mass is 16.3. The molecule has 27 heavy (non-hydrogen) atoms. The predicted molar refractivity (Wildman–Crippen MR) is 106 cm³/mol. The van der Waals surface area contributed by atoms with Gasteiger partial charge in [-0.2, -0.15) is 0 Å². The molecule has 1 aromatic carbocycles. The van der Waals surface area contributed by atoms with Gasteiger partial charge in [-0.3, -0.25) is 9.59 Å². The molecule has 1 atom stereocenters. The number of amides is 1. The number of unbranched alkanes of at least 4 members (excludes halogenated alkanes) is 1. The lowest BCUT2D eigenvalue weighted by Crippen LogP contribution is -2.33. The minimum absolute atomic E-state index is 0.190. The smallest absolute Gasteiger partial charge is 0.290 e. The van der Waals surface area contributed by atoms with Gasteiger partial charge in [0.15, 0.2) is 11.5 Å². The number of benzene rings is 1. The molecule has 1 aliphatic heterocycles. The molecule has 3 rings (SSSR count). The first-order valence-corrected chi connectivity index (χ1v) is 9.51. The van der Waals surface area contributed by atoms with Gasteiger partial charge in [-0.05, 0) is 12.5 Å². The van der Waals surface area contributed by atoms with Crippen molar-refractivity contribution in [3.8, 4) is 0 Å². The Morgan fingerprint density at radius 3 is 2.52 bits per heavy atom. The third-order valence-electron chi connectivity index (χ3n) is 5.20. The van der Waals surface area contributed by atoms with E-state index in [2.05, 4.69) is 6.92 Å². The molecule has 1 amide bonds. The normalized spacial score (nSPS) is 18.0. The van der Waals surface area contributed by atoms with Gasteiger partial charge in [0.1, 0.15) is 0 Å². The molecule has 1 aromatic heterocycles. The van der Waals surface area contributed by atoms with Crippen molar-refractivity contribution in [2.45, 2.75) is 46.6 Å². The molecule has 0 spiro atoms. The van der Waals surface area contributed by atoms with Crippen LogP contribution in [0.5, 0.6) is 0 Å². The molecule has 1 N–H and O–H groups in total. The quantitative estimate of drug-likeness (QED) is 0.856. The average molecular weight is 368 g/mol. The fraction of sp³-hybridized carbons (Fsp3) is 0.455. The number of aromatic nitrogens is 1. The van der Waals surface area contributed by atoms with Crippen LogP contribution in [0.2, 0.25) is 0 Å². The summed E-state index contributed by atoms with van der Waals surface area (Å²) in [6.07, 6.45) is 3.71. The molecule has 1 aliphatic rings. The van der Waals surface area contributed by atoms with Crippen molar-refractivity contribution in [3.63, 3.8) is 0 Å². The summed E-state index contributed by atoms with van der Waals surface area (Å²) in [6, 6.07) is 7.38. The number of ketones is 1. The van der Waals surface area contributed by atoms with Gasteiger partial charge in [0.2, 0.25) is 0 Å². The molecular formula is C22H28N2O3. The number of para-hydroxylation sites is 1. The number of hydrogen-bond acceptors (Lipinski definition) is 3. The summed E-state index contributed by atoms with van der Waals surface area (Å²) in [5.41, 5.74) is 1.45. The molecule has 1 unspecified atom stereocenters. The maximum Gasteiger partial charge on any atom is 0.290 e. The molecule has 2 aromatic rings. The number of aliphatic hydroxyl groups excluding tert-OH is 1. The van der Waals surface area contributed by atoms with Crippen LogP contribution >= 0.6 is 0 Å². The molecule has 144 valence electrons. The van der Waals surface area contributed by atoms with Gasteiger partial charge in [-0.25, -0.2) is 0 Å². The standard InChI is InChI=1S/C22H28N2O3/c1-6-7-12-24-18(15-13-23(5)16-11-9-8-10-14(15)16)17(19(25)21(24)27)20(26)22(2,3)4/h8-11,13,18,25H,6-7,12H2,1-5H3. The van der Waals surface area contributed by atoms with Crippen LogP contribution in [0.3, 0.4) is 0 Å². The molecule has 0 saturated carbocycles. The van der Waals surface area contributed by atoms with Gasteiger partial charge in [-0.15, -0.1) is 0 Å². The Kier molecular flexibility index (Phi) is 4.89. The predicted octanol–water partition coefficient (Wildman–Crippen LogP) is 4.29. The summed E-state index contributed by atoms with van der Waals surface area (Å²) in [5, 5.41) is 11.6. The zero-order chi connectivity index (χ0) is 19.9. The monoisotopic (exact) mass is 368 g/mol. The van der Waals surface area contributed by atoms with Crippen molar-refractivity contribution in [1.29, 1.82) is 0 Å². The van der Waals surface area contributed by atoms with E-state index in [0.29, 0.717) is 6.54 Å². The number of aryl methyl sites for hydroxylation is 1. The van der Waals surface area contributed by atoms with Crippen LogP contribution in [-0.2, 0) is 16.6 Å². The number of carbonyl (C=O) groups excluding carboxylic acids is 2. The molecule has 2 heterocycles. The van der Waals surface area contributed by atoms with Crippen molar-refractivity contribution in [2.24, 2.45) is 12.5 Å². The molecule has 5 heteroatoms. The Bertz CT molecular complexity index is 931. The summed E-state index contributed by atoms with van der Waals surface area (Å²) in [7, 11) is 1.95. The third kappa shape index (κ3) is 3.15. The van der Waals surface area contributed by atoms with E-state index >= 15 is 0 Å². The number of hydrogen-bond donors (Lipinski definition) is 1. The van der Waals surface area contributed by atoms with E-state index in [1.807, 2.05) is 62.8 Å². The number of aliphatic hydroxyl groups is 1. The van der Waals surface area contributed by atoms with E-state index in [1.54, 1.807) is 4.90 Å². The van der Waals surface area contributed by atoms with Crippen molar-refractivity contribution in [1.82, 2.24) is 9.47 Å². The lowest BCUT2D eigenvalue weighted by atomic mass is 9.82. The summed E-state index contributed by atoms with van der Waals surface area (Å²) < 4.78 is 2.00. The first-order valence-electron chi connectivity index (χ1n) is 9.51. The molecule has 0 saturated heterocycles. The van der Waals surface area contributed by atoms with Gasteiger partial charge in [0.25, 0.3) is 5.91 Å². The number of Topliss-reactive ketones (excluding diaryl/α,β-unsaturated/α-hetero) is 1. The molecular weight excluding hydrogens is 340 g/mol. The largest absolute Gasteiger partial charge is 0.503 e. The van der Waals surface area contributed by atoms with E-state index in [4.69, 9.17) is 0 Å². The zero-order valence-corrected chi connectivity index (χ0v) is 16.7. The fourth-order valence-electron chi connectivity index (χ4n) is 3.76. The second-order valence-corrected chi connectivity index (χ2v) is 8.31. The third-order valence-corrected chi connectivity index (χ3v) is 5.20. The van der Waals surface area contributed by atoms with Crippen LogP contribution in [0.25, 0.3) is 10.9 Å². The maximum atomic E-state index is 13.2. The van der Waals surface area contributed by atoms with E-state index in [1.165, 1.54) is 0 Å². The SMILES string of the molecule is CCCCN1C(=O)C(O)=C(C(=O)C(C)(C)C)C1c1cn(C)c2ccccc12. The van der Waals surface area contributed by atoms with E-state index < -0.39 is 23.1 Å². The minimum Gasteiger partial charge on any atom is -0.503 e. The highest BCUT2D eigenvalue weighted by Gasteiger charge is 2.46. The summed E-state index contributed by atoms with van der Waals surface area (Å²) in [4.78, 5) is 27.7. The lowest BCUT2D eigenvalue weighted by Gasteiger charge is -2.28. The lowest BCUT2D eigenvalue weighted by molar-refractivity contribution is -0.129. The van der Waals surface area contributed by atoms with Crippen molar-refractivity contribution in [3.05, 3.63) is 47.4 Å². The first-order chi connectivity index (χ1) is 12.7. The fourth-order valence-corrected chi connectivity index (χ4v) is 3.76. The highest BCUT2D eigenvalue weighted by molar-refractivity contribution is 6.11. The van der Waals surface area contributed by atoms with Gasteiger partial charge >= 0.3 is 0 Å². The summed E-state index contributed by atoms with van der Waals surface area (Å²) in [5.74, 6) is -1.04. The van der Waals surface area contributed by atoms with Crippen molar-refractivity contribution in [2.75, 3.05) is 6.54 Å². The second-order valence-electron chi connectivity index (χ2n) is 8.31. The van der Waals surface area contributed by atoms with Crippen LogP contribution in [0.1, 0.15) is 52.1 Å². The van der Waals surface area contributed by atoms with Crippen LogP contribution < -0.4 is 0 Å². The summed E-state index contributed by atoms with van der Waals surface area (Å²) in [6.45, 7) is 8.01.